The average Bonchev–Trinajstić information content (AvgIpc) is 3.30. The van der Waals surface area contributed by atoms with Crippen LogP contribution in [0.5, 0.6) is 0 Å². The molecule has 1 saturated heterocycles. The SMILES string of the molecule is CCc1ccccc1NC(=O)CN1CCN(C(=O)c2sccc2-c2ccccc2)CC1. The van der Waals surface area contributed by atoms with Crippen molar-refractivity contribution in [2.75, 3.05) is 38.0 Å². The first-order chi connectivity index (χ1) is 15.2. The number of carbonyl (C=O) groups excluding carboxylic acids is 2. The number of nitrogens with one attached hydrogen (secondary N) is 1. The lowest BCUT2D eigenvalue weighted by atomic mass is 10.1. The number of aryl methyl sites for hydroxylation is 1. The molecular formula is C25H27N3O2S. The maximum absolute atomic E-state index is 13.1. The summed E-state index contributed by atoms with van der Waals surface area (Å²) < 4.78 is 0. The van der Waals surface area contributed by atoms with Crippen LogP contribution >= 0.6 is 11.3 Å². The van der Waals surface area contributed by atoms with Gasteiger partial charge < -0.3 is 10.2 Å². The highest BCUT2D eigenvalue weighted by atomic mass is 32.1. The summed E-state index contributed by atoms with van der Waals surface area (Å²) in [6.45, 7) is 5.07. The van der Waals surface area contributed by atoms with Gasteiger partial charge in [0.05, 0.1) is 11.4 Å². The molecule has 1 aliphatic rings. The molecule has 160 valence electrons. The number of nitrogens with zero attached hydrogens (tertiary/aromatic N) is 2. The van der Waals surface area contributed by atoms with Crippen LogP contribution < -0.4 is 5.32 Å². The third-order valence-electron chi connectivity index (χ3n) is 5.64. The molecule has 0 aliphatic carbocycles. The van der Waals surface area contributed by atoms with Gasteiger partial charge in [-0.15, -0.1) is 11.3 Å². The van der Waals surface area contributed by atoms with Crippen LogP contribution in [0.4, 0.5) is 5.69 Å². The fourth-order valence-corrected chi connectivity index (χ4v) is 4.80. The molecule has 2 amide bonds. The molecule has 0 atom stereocenters. The Morgan fingerprint density at radius 3 is 2.39 bits per heavy atom. The molecule has 4 rings (SSSR count). The predicted molar refractivity (Wildman–Crippen MR) is 127 cm³/mol. The summed E-state index contributed by atoms with van der Waals surface area (Å²) in [5.41, 5.74) is 4.08. The van der Waals surface area contributed by atoms with E-state index in [2.05, 4.69) is 17.1 Å². The van der Waals surface area contributed by atoms with Crippen molar-refractivity contribution in [3.05, 3.63) is 76.5 Å². The lowest BCUT2D eigenvalue weighted by Crippen LogP contribution is -2.50. The van der Waals surface area contributed by atoms with Gasteiger partial charge in [-0.3, -0.25) is 14.5 Å². The van der Waals surface area contributed by atoms with E-state index in [0.717, 1.165) is 33.7 Å². The normalized spacial score (nSPS) is 14.4. The second-order valence-electron chi connectivity index (χ2n) is 7.66. The first-order valence-electron chi connectivity index (χ1n) is 10.7. The molecule has 5 nitrogen and oxygen atoms in total. The number of rotatable bonds is 6. The van der Waals surface area contributed by atoms with Gasteiger partial charge in [0, 0.05) is 37.4 Å². The van der Waals surface area contributed by atoms with Crippen LogP contribution in [0.2, 0.25) is 0 Å². The number of amides is 2. The number of piperazine rings is 1. The fourth-order valence-electron chi connectivity index (χ4n) is 3.92. The number of anilines is 1. The summed E-state index contributed by atoms with van der Waals surface area (Å²) in [5.74, 6) is 0.0696. The van der Waals surface area contributed by atoms with Crippen LogP contribution in [0.3, 0.4) is 0 Å². The third-order valence-corrected chi connectivity index (χ3v) is 6.55. The van der Waals surface area contributed by atoms with Gasteiger partial charge in [-0.2, -0.15) is 0 Å². The minimum Gasteiger partial charge on any atom is -0.335 e. The van der Waals surface area contributed by atoms with E-state index in [4.69, 9.17) is 0 Å². The van der Waals surface area contributed by atoms with Crippen molar-refractivity contribution >= 4 is 28.8 Å². The second-order valence-corrected chi connectivity index (χ2v) is 8.57. The maximum atomic E-state index is 13.1. The molecule has 2 aromatic carbocycles. The van der Waals surface area contributed by atoms with Gasteiger partial charge in [0.1, 0.15) is 0 Å². The monoisotopic (exact) mass is 433 g/mol. The molecule has 0 unspecified atom stereocenters. The van der Waals surface area contributed by atoms with E-state index in [1.807, 2.05) is 70.9 Å². The van der Waals surface area contributed by atoms with Crippen molar-refractivity contribution in [1.29, 1.82) is 0 Å². The van der Waals surface area contributed by atoms with Gasteiger partial charge in [-0.1, -0.05) is 55.5 Å². The lowest BCUT2D eigenvalue weighted by Gasteiger charge is -2.34. The lowest BCUT2D eigenvalue weighted by molar-refractivity contribution is -0.117. The predicted octanol–water partition coefficient (Wildman–Crippen LogP) is 4.37. The van der Waals surface area contributed by atoms with Crippen molar-refractivity contribution in [1.82, 2.24) is 9.80 Å². The highest BCUT2D eigenvalue weighted by Crippen LogP contribution is 2.29. The van der Waals surface area contributed by atoms with E-state index in [1.165, 1.54) is 11.3 Å². The first-order valence-corrected chi connectivity index (χ1v) is 11.6. The molecule has 31 heavy (non-hydrogen) atoms. The molecular weight excluding hydrogens is 406 g/mol. The Kier molecular flexibility index (Phi) is 6.79. The summed E-state index contributed by atoms with van der Waals surface area (Å²) >= 11 is 1.49. The van der Waals surface area contributed by atoms with E-state index in [9.17, 15) is 9.59 Å². The van der Waals surface area contributed by atoms with Gasteiger partial charge in [0.2, 0.25) is 5.91 Å². The zero-order chi connectivity index (χ0) is 21.6. The summed E-state index contributed by atoms with van der Waals surface area (Å²) in [6.07, 6.45) is 0.880. The van der Waals surface area contributed by atoms with Gasteiger partial charge in [0.15, 0.2) is 0 Å². The van der Waals surface area contributed by atoms with Gasteiger partial charge in [0.25, 0.3) is 5.91 Å². The number of para-hydroxylation sites is 1. The first kappa shape index (κ1) is 21.3. The number of hydrogen-bond donors (Lipinski definition) is 1. The molecule has 1 aliphatic heterocycles. The largest absolute Gasteiger partial charge is 0.335 e. The van der Waals surface area contributed by atoms with Gasteiger partial charge in [-0.05, 0) is 35.1 Å². The Hall–Kier alpha value is -2.96. The van der Waals surface area contributed by atoms with E-state index < -0.39 is 0 Å². The standard InChI is InChI=1S/C25H27N3O2S/c1-2-19-8-6-7-11-22(19)26-23(29)18-27-13-15-28(16-14-27)25(30)24-21(12-17-31-24)20-9-4-3-5-10-20/h3-12,17H,2,13-16,18H2,1H3,(H,26,29). The average molecular weight is 434 g/mol. The Balaban J connectivity index is 1.33. The minimum atomic E-state index is -0.00898. The van der Waals surface area contributed by atoms with Crippen LogP contribution in [-0.2, 0) is 11.2 Å². The summed E-state index contributed by atoms with van der Waals surface area (Å²) in [6, 6.07) is 19.9. The van der Waals surface area contributed by atoms with Gasteiger partial charge in [-0.25, -0.2) is 0 Å². The van der Waals surface area contributed by atoms with E-state index in [-0.39, 0.29) is 11.8 Å². The topological polar surface area (TPSA) is 52.7 Å². The molecule has 0 bridgehead atoms. The van der Waals surface area contributed by atoms with Crippen LogP contribution in [0, 0.1) is 0 Å². The third kappa shape index (κ3) is 5.03. The van der Waals surface area contributed by atoms with Crippen molar-refractivity contribution in [3.8, 4) is 11.1 Å². The highest BCUT2D eigenvalue weighted by Gasteiger charge is 2.26. The summed E-state index contributed by atoms with van der Waals surface area (Å²) in [5, 5.41) is 5.01. The molecule has 6 heteroatoms. The maximum Gasteiger partial charge on any atom is 0.264 e. The minimum absolute atomic E-state index is 0.00898. The Morgan fingerprint density at radius 2 is 1.65 bits per heavy atom. The van der Waals surface area contributed by atoms with E-state index in [1.54, 1.807) is 0 Å². The van der Waals surface area contributed by atoms with E-state index in [0.29, 0.717) is 32.7 Å². The van der Waals surface area contributed by atoms with Gasteiger partial charge >= 0.3 is 0 Å². The highest BCUT2D eigenvalue weighted by molar-refractivity contribution is 7.12. The zero-order valence-electron chi connectivity index (χ0n) is 17.7. The Bertz CT molecular complexity index is 1040. The molecule has 3 aromatic rings. The van der Waals surface area contributed by atoms with Crippen molar-refractivity contribution in [2.45, 2.75) is 13.3 Å². The van der Waals surface area contributed by atoms with Crippen molar-refractivity contribution in [3.63, 3.8) is 0 Å². The van der Waals surface area contributed by atoms with Crippen LogP contribution in [-0.4, -0.2) is 54.3 Å². The summed E-state index contributed by atoms with van der Waals surface area (Å²) in [4.78, 5) is 30.5. The molecule has 0 radical (unpaired) electrons. The quantitative estimate of drug-likeness (QED) is 0.628. The summed E-state index contributed by atoms with van der Waals surface area (Å²) in [7, 11) is 0. The number of hydrogen-bond acceptors (Lipinski definition) is 4. The number of thiophene rings is 1. The smallest absolute Gasteiger partial charge is 0.264 e. The van der Waals surface area contributed by atoms with E-state index >= 15 is 0 Å². The molecule has 1 N–H and O–H groups in total. The molecule has 2 heterocycles. The second kappa shape index (κ2) is 9.90. The molecule has 0 saturated carbocycles. The number of carbonyl (C=O) groups is 2. The number of benzene rings is 2. The van der Waals surface area contributed by atoms with Crippen LogP contribution in [0.25, 0.3) is 11.1 Å². The molecule has 1 aromatic heterocycles. The Morgan fingerprint density at radius 1 is 0.935 bits per heavy atom. The van der Waals surface area contributed by atoms with Crippen LogP contribution in [0.1, 0.15) is 22.2 Å². The van der Waals surface area contributed by atoms with Crippen LogP contribution in [0.15, 0.2) is 66.0 Å². The fraction of sp³-hybridized carbons (Fsp3) is 0.280. The Labute approximate surface area is 187 Å². The zero-order valence-corrected chi connectivity index (χ0v) is 18.5. The molecule has 1 fully saturated rings. The van der Waals surface area contributed by atoms with Crippen molar-refractivity contribution < 1.29 is 9.59 Å². The molecule has 0 spiro atoms. The van der Waals surface area contributed by atoms with Crippen molar-refractivity contribution in [2.24, 2.45) is 0 Å².